The molecule has 0 aliphatic heterocycles. The zero-order valence-corrected chi connectivity index (χ0v) is 11.2. The van der Waals surface area contributed by atoms with E-state index in [4.69, 9.17) is 0 Å². The maximum Gasteiger partial charge on any atom is 0.305 e. The Balaban J connectivity index is 1.83. The standard InChI is InChI=1S/C15H20FNO2/c1-19-14(18)3-2-10-17-15(11-4-5-11)12-6-8-13(16)9-7-12/h6-9,11,15,17H,2-5,10H2,1H3. The molecular formula is C15H20FNO2. The summed E-state index contributed by atoms with van der Waals surface area (Å²) in [6.07, 6.45) is 3.62. The average Bonchev–Trinajstić information content (AvgIpc) is 3.24. The van der Waals surface area contributed by atoms with Gasteiger partial charge in [-0.2, -0.15) is 0 Å². The highest BCUT2D eigenvalue weighted by atomic mass is 19.1. The second kappa shape index (κ2) is 6.66. The topological polar surface area (TPSA) is 38.3 Å². The van der Waals surface area contributed by atoms with Crippen molar-refractivity contribution in [2.24, 2.45) is 5.92 Å². The highest BCUT2D eigenvalue weighted by molar-refractivity contribution is 5.69. The number of esters is 1. The van der Waals surface area contributed by atoms with Crippen molar-refractivity contribution in [3.8, 4) is 0 Å². The Morgan fingerprint density at radius 3 is 2.68 bits per heavy atom. The molecule has 1 fully saturated rings. The zero-order valence-electron chi connectivity index (χ0n) is 11.2. The number of carbonyl (C=O) groups excluding carboxylic acids is 1. The van der Waals surface area contributed by atoms with E-state index in [1.54, 1.807) is 0 Å². The van der Waals surface area contributed by atoms with Crippen LogP contribution in [-0.4, -0.2) is 19.6 Å². The SMILES string of the molecule is COC(=O)CCCNC(c1ccc(F)cc1)C1CC1. The van der Waals surface area contributed by atoms with Gasteiger partial charge in [0.05, 0.1) is 7.11 Å². The van der Waals surface area contributed by atoms with E-state index in [9.17, 15) is 9.18 Å². The molecule has 1 aliphatic rings. The minimum atomic E-state index is -0.205. The van der Waals surface area contributed by atoms with Gasteiger partial charge in [0.2, 0.25) is 0 Å². The van der Waals surface area contributed by atoms with Crippen LogP contribution in [0.25, 0.3) is 0 Å². The summed E-state index contributed by atoms with van der Waals surface area (Å²) in [7, 11) is 1.40. The third-order valence-electron chi connectivity index (χ3n) is 3.47. The maximum atomic E-state index is 12.9. The van der Waals surface area contributed by atoms with Crippen LogP contribution < -0.4 is 5.32 Å². The van der Waals surface area contributed by atoms with Gasteiger partial charge in [0.1, 0.15) is 5.82 Å². The molecule has 19 heavy (non-hydrogen) atoms. The quantitative estimate of drug-likeness (QED) is 0.608. The molecule has 1 aliphatic carbocycles. The summed E-state index contributed by atoms with van der Waals surface area (Å²) < 4.78 is 17.5. The fourth-order valence-electron chi connectivity index (χ4n) is 2.25. The highest BCUT2D eigenvalue weighted by Crippen LogP contribution is 2.40. The third kappa shape index (κ3) is 4.31. The number of halogens is 1. The van der Waals surface area contributed by atoms with Gasteiger partial charge in [0.25, 0.3) is 0 Å². The van der Waals surface area contributed by atoms with Crippen molar-refractivity contribution in [1.82, 2.24) is 5.32 Å². The molecule has 1 aromatic rings. The average molecular weight is 265 g/mol. The third-order valence-corrected chi connectivity index (χ3v) is 3.47. The number of carbonyl (C=O) groups is 1. The van der Waals surface area contributed by atoms with Crippen LogP contribution in [0.2, 0.25) is 0 Å². The van der Waals surface area contributed by atoms with Gasteiger partial charge < -0.3 is 10.1 Å². The molecule has 0 spiro atoms. The molecule has 0 aromatic heterocycles. The minimum Gasteiger partial charge on any atom is -0.469 e. The number of methoxy groups -OCH3 is 1. The van der Waals surface area contributed by atoms with Crippen LogP contribution in [0.5, 0.6) is 0 Å². The summed E-state index contributed by atoms with van der Waals surface area (Å²) in [6, 6.07) is 6.96. The van der Waals surface area contributed by atoms with Crippen molar-refractivity contribution >= 4 is 5.97 Å². The molecule has 104 valence electrons. The lowest BCUT2D eigenvalue weighted by Gasteiger charge is -2.18. The van der Waals surface area contributed by atoms with E-state index in [1.807, 2.05) is 12.1 Å². The van der Waals surface area contributed by atoms with Crippen LogP contribution in [-0.2, 0) is 9.53 Å². The van der Waals surface area contributed by atoms with Crippen LogP contribution in [0.4, 0.5) is 4.39 Å². The lowest BCUT2D eigenvalue weighted by atomic mass is 10.0. The highest BCUT2D eigenvalue weighted by Gasteiger charge is 2.31. The molecule has 1 unspecified atom stereocenters. The summed E-state index contributed by atoms with van der Waals surface area (Å²) in [4.78, 5) is 11.0. The van der Waals surface area contributed by atoms with E-state index in [1.165, 1.54) is 32.1 Å². The van der Waals surface area contributed by atoms with Crippen molar-refractivity contribution in [2.45, 2.75) is 31.7 Å². The van der Waals surface area contributed by atoms with Crippen LogP contribution in [0.1, 0.15) is 37.3 Å². The van der Waals surface area contributed by atoms with Crippen LogP contribution in [0.3, 0.4) is 0 Å². The van der Waals surface area contributed by atoms with Crippen molar-refractivity contribution in [3.05, 3.63) is 35.6 Å². The van der Waals surface area contributed by atoms with E-state index in [0.717, 1.165) is 18.5 Å². The predicted molar refractivity (Wildman–Crippen MR) is 71.1 cm³/mol. The Bertz CT molecular complexity index is 415. The normalized spacial score (nSPS) is 16.1. The fourth-order valence-corrected chi connectivity index (χ4v) is 2.25. The van der Waals surface area contributed by atoms with E-state index in [0.29, 0.717) is 12.3 Å². The number of rotatable bonds is 7. The number of nitrogens with one attached hydrogen (secondary N) is 1. The second-order valence-corrected chi connectivity index (χ2v) is 5.00. The molecule has 1 saturated carbocycles. The summed E-state index contributed by atoms with van der Waals surface area (Å²) in [5.74, 6) is 0.263. The second-order valence-electron chi connectivity index (χ2n) is 5.00. The van der Waals surface area contributed by atoms with Gasteiger partial charge in [0.15, 0.2) is 0 Å². The zero-order chi connectivity index (χ0) is 13.7. The molecule has 1 N–H and O–H groups in total. The van der Waals surface area contributed by atoms with Crippen molar-refractivity contribution < 1.29 is 13.9 Å². The maximum absolute atomic E-state index is 12.9. The van der Waals surface area contributed by atoms with Gasteiger partial charge in [-0.3, -0.25) is 4.79 Å². The Labute approximate surface area is 113 Å². The summed E-state index contributed by atoms with van der Waals surface area (Å²) in [5, 5.41) is 3.47. The molecule has 0 bridgehead atoms. The molecule has 4 heteroatoms. The molecule has 2 rings (SSSR count). The Hall–Kier alpha value is -1.42. The van der Waals surface area contributed by atoms with Gasteiger partial charge in [-0.05, 0) is 49.4 Å². The first-order valence-corrected chi connectivity index (χ1v) is 6.76. The van der Waals surface area contributed by atoms with Crippen molar-refractivity contribution in [2.75, 3.05) is 13.7 Å². The van der Waals surface area contributed by atoms with E-state index in [2.05, 4.69) is 10.1 Å². The molecule has 0 saturated heterocycles. The van der Waals surface area contributed by atoms with Gasteiger partial charge in [-0.25, -0.2) is 4.39 Å². The largest absolute Gasteiger partial charge is 0.469 e. The first-order chi connectivity index (χ1) is 9.20. The molecule has 0 radical (unpaired) electrons. The van der Waals surface area contributed by atoms with Crippen LogP contribution in [0, 0.1) is 11.7 Å². The van der Waals surface area contributed by atoms with Crippen LogP contribution in [0.15, 0.2) is 24.3 Å². The fraction of sp³-hybridized carbons (Fsp3) is 0.533. The van der Waals surface area contributed by atoms with E-state index >= 15 is 0 Å². The first kappa shape index (κ1) is 14.0. The first-order valence-electron chi connectivity index (χ1n) is 6.76. The van der Waals surface area contributed by atoms with Gasteiger partial charge in [-0.1, -0.05) is 12.1 Å². The Morgan fingerprint density at radius 2 is 2.11 bits per heavy atom. The monoisotopic (exact) mass is 265 g/mol. The summed E-state index contributed by atoms with van der Waals surface area (Å²) >= 11 is 0. The lowest BCUT2D eigenvalue weighted by molar-refractivity contribution is -0.140. The molecule has 3 nitrogen and oxygen atoms in total. The number of hydrogen-bond donors (Lipinski definition) is 1. The molecule has 1 atom stereocenters. The van der Waals surface area contributed by atoms with Gasteiger partial charge >= 0.3 is 5.97 Å². The smallest absolute Gasteiger partial charge is 0.305 e. The molecule has 0 heterocycles. The molecule has 1 aromatic carbocycles. The number of ether oxygens (including phenoxy) is 1. The molecule has 0 amide bonds. The predicted octanol–water partition coefficient (Wildman–Crippen LogP) is 2.82. The molecular weight excluding hydrogens is 245 g/mol. The van der Waals surface area contributed by atoms with Gasteiger partial charge in [-0.15, -0.1) is 0 Å². The van der Waals surface area contributed by atoms with Crippen LogP contribution >= 0.6 is 0 Å². The Kier molecular flexibility index (Phi) is 4.91. The van der Waals surface area contributed by atoms with Crippen molar-refractivity contribution in [3.63, 3.8) is 0 Å². The Morgan fingerprint density at radius 1 is 1.42 bits per heavy atom. The van der Waals surface area contributed by atoms with Crippen molar-refractivity contribution in [1.29, 1.82) is 0 Å². The lowest BCUT2D eigenvalue weighted by Crippen LogP contribution is -2.24. The number of benzene rings is 1. The number of hydrogen-bond acceptors (Lipinski definition) is 3. The summed E-state index contributed by atoms with van der Waals surface area (Å²) in [6.45, 7) is 0.771. The van der Waals surface area contributed by atoms with Gasteiger partial charge in [0, 0.05) is 12.5 Å². The van der Waals surface area contributed by atoms with E-state index < -0.39 is 0 Å². The minimum absolute atomic E-state index is 0.174. The summed E-state index contributed by atoms with van der Waals surface area (Å²) in [5.41, 5.74) is 1.13. The van der Waals surface area contributed by atoms with E-state index in [-0.39, 0.29) is 17.8 Å².